The van der Waals surface area contributed by atoms with Gasteiger partial charge in [-0.25, -0.2) is 0 Å². The first-order chi connectivity index (χ1) is 10.5. The summed E-state index contributed by atoms with van der Waals surface area (Å²) in [5, 5.41) is 3.55. The average Bonchev–Trinajstić information content (AvgIpc) is 2.33. The summed E-state index contributed by atoms with van der Waals surface area (Å²) >= 11 is 0. The Hall–Kier alpha value is -1.35. The van der Waals surface area contributed by atoms with Crippen LogP contribution in [0.2, 0.25) is 0 Å². The van der Waals surface area contributed by atoms with Crippen LogP contribution in [0.15, 0.2) is 12.1 Å². The zero-order valence-corrected chi connectivity index (χ0v) is 16.0. The molecule has 1 atom stereocenters. The highest BCUT2D eigenvalue weighted by molar-refractivity contribution is 5.70. The maximum absolute atomic E-state index is 12.1. The molecule has 0 amide bonds. The molecule has 23 heavy (non-hydrogen) atoms. The molecule has 0 aromatic heterocycles. The molecule has 0 aliphatic rings. The highest BCUT2D eigenvalue weighted by atomic mass is 16.6. The second-order valence-electron chi connectivity index (χ2n) is 7.90. The van der Waals surface area contributed by atoms with Crippen LogP contribution in [0, 0.1) is 26.7 Å². The molecule has 0 heterocycles. The zero-order valence-electron chi connectivity index (χ0n) is 16.0. The number of carbonyl (C=O) groups is 1. The van der Waals surface area contributed by atoms with Gasteiger partial charge in [-0.2, -0.15) is 0 Å². The molecule has 0 saturated carbocycles. The van der Waals surface area contributed by atoms with Crippen LogP contribution in [-0.2, 0) is 16.1 Å². The molecular formula is C20H33NO2. The summed E-state index contributed by atoms with van der Waals surface area (Å²) < 4.78 is 5.45. The Bertz CT molecular complexity index is 518. The lowest BCUT2D eigenvalue weighted by molar-refractivity contribution is -0.155. The van der Waals surface area contributed by atoms with Gasteiger partial charge in [0.2, 0.25) is 0 Å². The highest BCUT2D eigenvalue weighted by Crippen LogP contribution is 2.18. The molecule has 0 aliphatic heterocycles. The van der Waals surface area contributed by atoms with Crippen molar-refractivity contribution in [1.82, 2.24) is 5.32 Å². The molecule has 0 spiro atoms. The lowest BCUT2D eigenvalue weighted by atomic mass is 9.97. The van der Waals surface area contributed by atoms with Crippen molar-refractivity contribution in [2.45, 2.75) is 80.0 Å². The van der Waals surface area contributed by atoms with Crippen LogP contribution in [0.25, 0.3) is 0 Å². The van der Waals surface area contributed by atoms with E-state index in [2.05, 4.69) is 52.1 Å². The van der Waals surface area contributed by atoms with E-state index >= 15 is 0 Å². The van der Waals surface area contributed by atoms with Gasteiger partial charge in [-0.05, 0) is 64.2 Å². The van der Waals surface area contributed by atoms with Gasteiger partial charge < -0.3 is 10.1 Å². The Morgan fingerprint density at radius 2 is 1.65 bits per heavy atom. The third-order valence-corrected chi connectivity index (χ3v) is 3.99. The van der Waals surface area contributed by atoms with E-state index in [1.807, 2.05) is 20.8 Å². The van der Waals surface area contributed by atoms with Gasteiger partial charge in [0.15, 0.2) is 0 Å². The molecule has 1 aromatic carbocycles. The fraction of sp³-hybridized carbons (Fsp3) is 0.650. The number of nitrogens with one attached hydrogen (secondary N) is 1. The predicted octanol–water partition coefficient (Wildman–Crippen LogP) is 4.46. The first kappa shape index (κ1) is 19.7. The van der Waals surface area contributed by atoms with Gasteiger partial charge in [0, 0.05) is 12.6 Å². The Labute approximate surface area is 141 Å². The van der Waals surface area contributed by atoms with Crippen molar-refractivity contribution in [2.75, 3.05) is 0 Å². The van der Waals surface area contributed by atoms with Crippen molar-refractivity contribution in [2.24, 2.45) is 5.92 Å². The van der Waals surface area contributed by atoms with E-state index in [0.29, 0.717) is 12.3 Å². The van der Waals surface area contributed by atoms with Crippen molar-refractivity contribution in [3.05, 3.63) is 34.4 Å². The Morgan fingerprint density at radius 1 is 1.13 bits per heavy atom. The lowest BCUT2D eigenvalue weighted by Gasteiger charge is -2.25. The number of hydrogen-bond donors (Lipinski definition) is 1. The van der Waals surface area contributed by atoms with Crippen LogP contribution in [0.1, 0.15) is 63.3 Å². The normalized spacial score (nSPS) is 13.3. The van der Waals surface area contributed by atoms with E-state index in [-0.39, 0.29) is 12.0 Å². The summed E-state index contributed by atoms with van der Waals surface area (Å²) in [7, 11) is 0. The van der Waals surface area contributed by atoms with Gasteiger partial charge in [-0.3, -0.25) is 4.79 Å². The van der Waals surface area contributed by atoms with E-state index in [0.717, 1.165) is 6.54 Å². The fourth-order valence-electron chi connectivity index (χ4n) is 2.83. The number of ether oxygens (including phenoxy) is 1. The summed E-state index contributed by atoms with van der Waals surface area (Å²) in [6.45, 7) is 17.2. The first-order valence-electron chi connectivity index (χ1n) is 8.51. The van der Waals surface area contributed by atoms with Crippen LogP contribution in [0.4, 0.5) is 0 Å². The number of benzene rings is 1. The second-order valence-corrected chi connectivity index (χ2v) is 7.90. The van der Waals surface area contributed by atoms with Gasteiger partial charge in [-0.15, -0.1) is 0 Å². The molecule has 0 saturated heterocycles. The quantitative estimate of drug-likeness (QED) is 0.787. The van der Waals surface area contributed by atoms with Gasteiger partial charge in [0.25, 0.3) is 0 Å². The molecular weight excluding hydrogens is 286 g/mol. The molecule has 0 aliphatic carbocycles. The molecule has 0 bridgehead atoms. The second kappa shape index (κ2) is 7.96. The summed E-state index contributed by atoms with van der Waals surface area (Å²) in [6.07, 6.45) is 0.402. The summed E-state index contributed by atoms with van der Waals surface area (Å²) in [5.74, 6) is 0.231. The molecule has 0 radical (unpaired) electrons. The number of aryl methyl sites for hydroxylation is 3. The van der Waals surface area contributed by atoms with Gasteiger partial charge in [0.1, 0.15) is 5.60 Å². The predicted molar refractivity (Wildman–Crippen MR) is 96.6 cm³/mol. The third-order valence-electron chi connectivity index (χ3n) is 3.99. The van der Waals surface area contributed by atoms with Crippen molar-refractivity contribution in [1.29, 1.82) is 0 Å². The number of carbonyl (C=O) groups excluding carboxylic acids is 1. The molecule has 3 heteroatoms. The third kappa shape index (κ3) is 6.74. The summed E-state index contributed by atoms with van der Waals surface area (Å²) in [5.41, 5.74) is 4.79. The van der Waals surface area contributed by atoms with Crippen LogP contribution in [0.3, 0.4) is 0 Å². The van der Waals surface area contributed by atoms with Gasteiger partial charge >= 0.3 is 5.97 Å². The van der Waals surface area contributed by atoms with E-state index in [1.165, 1.54) is 22.3 Å². The maximum atomic E-state index is 12.1. The largest absolute Gasteiger partial charge is 0.460 e. The van der Waals surface area contributed by atoms with Crippen LogP contribution in [0.5, 0.6) is 0 Å². The minimum atomic E-state index is -0.428. The van der Waals surface area contributed by atoms with Crippen LogP contribution in [-0.4, -0.2) is 17.6 Å². The van der Waals surface area contributed by atoms with E-state index in [4.69, 9.17) is 4.74 Å². The number of hydrogen-bond acceptors (Lipinski definition) is 3. The number of esters is 1. The van der Waals surface area contributed by atoms with E-state index in [9.17, 15) is 4.79 Å². The summed E-state index contributed by atoms with van der Waals surface area (Å²) in [6, 6.07) is 4.54. The highest BCUT2D eigenvalue weighted by Gasteiger charge is 2.22. The number of rotatable bonds is 6. The Kier molecular flexibility index (Phi) is 6.82. The van der Waals surface area contributed by atoms with Crippen molar-refractivity contribution in [3.63, 3.8) is 0 Å². The monoisotopic (exact) mass is 319 g/mol. The zero-order chi connectivity index (χ0) is 17.8. The standard InChI is InChI=1S/C20H33NO2/c1-13(2)18(11-19(22)23-20(6,7)8)21-12-17-15(4)9-14(3)10-16(17)5/h9-10,13,18,21H,11-12H2,1-8H3/t18-/m1/s1. The molecule has 0 unspecified atom stereocenters. The van der Waals surface area contributed by atoms with Crippen LogP contribution < -0.4 is 5.32 Å². The molecule has 130 valence electrons. The topological polar surface area (TPSA) is 38.3 Å². The molecule has 1 N–H and O–H groups in total. The summed E-state index contributed by atoms with van der Waals surface area (Å²) in [4.78, 5) is 12.1. The SMILES string of the molecule is Cc1cc(C)c(CN[C@H](CC(=O)OC(C)(C)C)C(C)C)c(C)c1. The molecule has 3 nitrogen and oxygen atoms in total. The van der Waals surface area contributed by atoms with Crippen molar-refractivity contribution < 1.29 is 9.53 Å². The van der Waals surface area contributed by atoms with E-state index < -0.39 is 5.60 Å². The van der Waals surface area contributed by atoms with Gasteiger partial charge in [0.05, 0.1) is 6.42 Å². The Morgan fingerprint density at radius 3 is 2.09 bits per heavy atom. The van der Waals surface area contributed by atoms with E-state index in [1.54, 1.807) is 0 Å². The maximum Gasteiger partial charge on any atom is 0.307 e. The minimum Gasteiger partial charge on any atom is -0.460 e. The van der Waals surface area contributed by atoms with Crippen LogP contribution >= 0.6 is 0 Å². The fourth-order valence-corrected chi connectivity index (χ4v) is 2.83. The average molecular weight is 319 g/mol. The molecule has 1 rings (SSSR count). The molecule has 1 aromatic rings. The smallest absolute Gasteiger partial charge is 0.307 e. The van der Waals surface area contributed by atoms with Gasteiger partial charge in [-0.1, -0.05) is 31.5 Å². The van der Waals surface area contributed by atoms with Crippen molar-refractivity contribution in [3.8, 4) is 0 Å². The minimum absolute atomic E-state index is 0.116. The van der Waals surface area contributed by atoms with Crippen molar-refractivity contribution >= 4 is 5.97 Å². The Balaban J connectivity index is 2.73. The molecule has 0 fully saturated rings. The lowest BCUT2D eigenvalue weighted by Crippen LogP contribution is -2.37. The first-order valence-corrected chi connectivity index (χ1v) is 8.51.